The number of hydrogen-bond donors (Lipinski definition) is 1. The van der Waals surface area contributed by atoms with Crippen molar-refractivity contribution in [2.45, 2.75) is 30.0 Å². The van der Waals surface area contributed by atoms with Gasteiger partial charge >= 0.3 is 6.18 Å². The predicted molar refractivity (Wildman–Crippen MR) is 99.3 cm³/mol. The normalized spacial score (nSPS) is 21.1. The minimum absolute atomic E-state index is 0. The molecule has 3 rings (SSSR count). The summed E-state index contributed by atoms with van der Waals surface area (Å²) in [6.07, 6.45) is -4.61. The maximum Gasteiger partial charge on any atom is 0.416 e. The summed E-state index contributed by atoms with van der Waals surface area (Å²) >= 11 is 0. The number of nitrogens with zero attached hydrogens (tertiary/aromatic N) is 1. The van der Waals surface area contributed by atoms with Crippen molar-refractivity contribution < 1.29 is 21.6 Å². The SMILES string of the molecule is Cc1ccc(C(F)(F)F)cc1S(=O)(=O)N1C[C@@H](N)[C@H](c2ccccc2)C1.Cl. The number of sulfonamides is 1. The fraction of sp³-hybridized carbons (Fsp3) is 0.333. The lowest BCUT2D eigenvalue weighted by Crippen LogP contribution is -2.32. The Hall–Kier alpha value is -1.61. The van der Waals surface area contributed by atoms with Gasteiger partial charge in [-0.15, -0.1) is 12.4 Å². The van der Waals surface area contributed by atoms with E-state index in [0.29, 0.717) is 6.07 Å². The minimum Gasteiger partial charge on any atom is -0.326 e. The van der Waals surface area contributed by atoms with Gasteiger partial charge in [-0.05, 0) is 30.2 Å². The third-order valence-corrected chi connectivity index (χ3v) is 6.67. The molecule has 0 unspecified atom stereocenters. The largest absolute Gasteiger partial charge is 0.416 e. The van der Waals surface area contributed by atoms with E-state index in [0.717, 1.165) is 11.6 Å². The van der Waals surface area contributed by atoms with Gasteiger partial charge in [0.05, 0.1) is 10.5 Å². The molecule has 0 aliphatic carbocycles. The molecule has 1 aliphatic heterocycles. The molecule has 4 nitrogen and oxygen atoms in total. The molecule has 1 aliphatic rings. The molecule has 1 heterocycles. The minimum atomic E-state index is -4.61. The fourth-order valence-electron chi connectivity index (χ4n) is 3.23. The zero-order valence-corrected chi connectivity index (χ0v) is 16.1. The summed E-state index contributed by atoms with van der Waals surface area (Å²) in [5, 5.41) is 0. The van der Waals surface area contributed by atoms with Gasteiger partial charge in [0.25, 0.3) is 0 Å². The topological polar surface area (TPSA) is 63.4 Å². The van der Waals surface area contributed by atoms with Crippen LogP contribution in [-0.2, 0) is 16.2 Å². The highest BCUT2D eigenvalue weighted by atomic mass is 35.5. The van der Waals surface area contributed by atoms with E-state index in [2.05, 4.69) is 0 Å². The highest BCUT2D eigenvalue weighted by Gasteiger charge is 2.40. The lowest BCUT2D eigenvalue weighted by Gasteiger charge is -2.19. The van der Waals surface area contributed by atoms with Gasteiger partial charge < -0.3 is 5.73 Å². The molecule has 2 N–H and O–H groups in total. The van der Waals surface area contributed by atoms with Crippen molar-refractivity contribution >= 4 is 22.4 Å². The second kappa shape index (κ2) is 7.79. The van der Waals surface area contributed by atoms with Crippen molar-refractivity contribution in [2.75, 3.05) is 13.1 Å². The summed E-state index contributed by atoms with van der Waals surface area (Å²) in [6, 6.07) is 11.6. The number of aryl methyl sites for hydroxylation is 1. The second-order valence-electron chi connectivity index (χ2n) is 6.48. The molecule has 0 bridgehead atoms. The molecule has 27 heavy (non-hydrogen) atoms. The van der Waals surface area contributed by atoms with Gasteiger partial charge in [-0.2, -0.15) is 17.5 Å². The third kappa shape index (κ3) is 4.29. The number of alkyl halides is 3. The average molecular weight is 421 g/mol. The molecule has 2 aromatic rings. The smallest absolute Gasteiger partial charge is 0.326 e. The fourth-order valence-corrected chi connectivity index (χ4v) is 4.99. The zero-order valence-electron chi connectivity index (χ0n) is 14.5. The van der Waals surface area contributed by atoms with Crippen LogP contribution in [-0.4, -0.2) is 31.9 Å². The molecule has 2 aromatic carbocycles. The van der Waals surface area contributed by atoms with E-state index in [1.807, 2.05) is 30.3 Å². The average Bonchev–Trinajstić information content (AvgIpc) is 2.97. The second-order valence-corrected chi connectivity index (χ2v) is 8.39. The lowest BCUT2D eigenvalue weighted by molar-refractivity contribution is -0.137. The van der Waals surface area contributed by atoms with E-state index < -0.39 is 27.8 Å². The van der Waals surface area contributed by atoms with E-state index in [-0.39, 0.29) is 41.9 Å². The van der Waals surface area contributed by atoms with E-state index >= 15 is 0 Å². The van der Waals surface area contributed by atoms with Gasteiger partial charge in [-0.1, -0.05) is 36.4 Å². The maximum atomic E-state index is 13.0. The van der Waals surface area contributed by atoms with Crippen molar-refractivity contribution in [3.05, 3.63) is 65.2 Å². The molecular weight excluding hydrogens is 401 g/mol. The molecular formula is C18H20ClF3N2O2S. The molecule has 0 saturated carbocycles. The molecule has 0 amide bonds. The van der Waals surface area contributed by atoms with E-state index in [1.54, 1.807) is 0 Å². The summed E-state index contributed by atoms with van der Waals surface area (Å²) in [6.45, 7) is 1.69. The number of rotatable bonds is 3. The molecule has 1 saturated heterocycles. The van der Waals surface area contributed by atoms with Crippen molar-refractivity contribution in [1.82, 2.24) is 4.31 Å². The lowest BCUT2D eigenvalue weighted by atomic mass is 9.95. The van der Waals surface area contributed by atoms with Crippen LogP contribution in [0.5, 0.6) is 0 Å². The van der Waals surface area contributed by atoms with Crippen LogP contribution in [0.1, 0.15) is 22.6 Å². The van der Waals surface area contributed by atoms with Crippen LogP contribution in [0.4, 0.5) is 13.2 Å². The van der Waals surface area contributed by atoms with Crippen molar-refractivity contribution in [2.24, 2.45) is 5.73 Å². The first-order valence-corrected chi connectivity index (χ1v) is 9.53. The van der Waals surface area contributed by atoms with Crippen LogP contribution >= 0.6 is 12.4 Å². The highest BCUT2D eigenvalue weighted by Crippen LogP contribution is 2.35. The van der Waals surface area contributed by atoms with E-state index in [9.17, 15) is 21.6 Å². The first-order valence-electron chi connectivity index (χ1n) is 8.09. The summed E-state index contributed by atoms with van der Waals surface area (Å²) in [7, 11) is -4.07. The Labute approximate surface area is 162 Å². The van der Waals surface area contributed by atoms with Crippen LogP contribution in [0.25, 0.3) is 0 Å². The van der Waals surface area contributed by atoms with Crippen LogP contribution in [0, 0.1) is 6.92 Å². The first kappa shape index (κ1) is 21.7. The number of halogens is 4. The van der Waals surface area contributed by atoms with Crippen molar-refractivity contribution in [1.29, 1.82) is 0 Å². The molecule has 1 fully saturated rings. The van der Waals surface area contributed by atoms with Crippen LogP contribution in [0.2, 0.25) is 0 Å². The Morgan fingerprint density at radius 3 is 2.30 bits per heavy atom. The van der Waals surface area contributed by atoms with Crippen LogP contribution in [0.15, 0.2) is 53.4 Å². The van der Waals surface area contributed by atoms with Gasteiger partial charge in [0.15, 0.2) is 0 Å². The van der Waals surface area contributed by atoms with Gasteiger partial charge in [0.1, 0.15) is 0 Å². The first-order chi connectivity index (χ1) is 12.1. The van der Waals surface area contributed by atoms with Gasteiger partial charge in [-0.25, -0.2) is 8.42 Å². The number of nitrogens with two attached hydrogens (primary N) is 1. The third-order valence-electron chi connectivity index (χ3n) is 4.69. The Bertz CT molecular complexity index is 905. The Morgan fingerprint density at radius 1 is 1.07 bits per heavy atom. The number of hydrogen-bond acceptors (Lipinski definition) is 3. The quantitative estimate of drug-likeness (QED) is 0.825. The summed E-state index contributed by atoms with van der Waals surface area (Å²) in [5.74, 6) is -0.197. The molecule has 148 valence electrons. The Kier molecular flexibility index (Phi) is 6.26. The summed E-state index contributed by atoms with van der Waals surface area (Å²) in [4.78, 5) is -0.326. The monoisotopic (exact) mass is 420 g/mol. The molecule has 9 heteroatoms. The summed E-state index contributed by atoms with van der Waals surface area (Å²) in [5.41, 5.74) is 6.33. The van der Waals surface area contributed by atoms with Gasteiger partial charge in [0, 0.05) is 25.0 Å². The predicted octanol–water partition coefficient (Wildman–Crippen LogP) is 3.55. The molecule has 0 radical (unpaired) electrons. The molecule has 0 spiro atoms. The van der Waals surface area contributed by atoms with Gasteiger partial charge in [-0.3, -0.25) is 0 Å². The van der Waals surface area contributed by atoms with Gasteiger partial charge in [0.2, 0.25) is 10.0 Å². The highest BCUT2D eigenvalue weighted by molar-refractivity contribution is 7.89. The van der Waals surface area contributed by atoms with Crippen LogP contribution in [0.3, 0.4) is 0 Å². The van der Waals surface area contributed by atoms with Crippen LogP contribution < -0.4 is 5.73 Å². The maximum absolute atomic E-state index is 13.0. The number of benzene rings is 2. The van der Waals surface area contributed by atoms with Crippen molar-refractivity contribution in [3.63, 3.8) is 0 Å². The Balaban J connectivity index is 0.00000261. The van der Waals surface area contributed by atoms with Crippen molar-refractivity contribution in [3.8, 4) is 0 Å². The summed E-state index contributed by atoms with van der Waals surface area (Å²) < 4.78 is 66.0. The standard InChI is InChI=1S/C18H19F3N2O2S.ClH/c1-12-7-8-14(18(19,20)21)9-17(12)26(24,25)23-10-15(16(22)11-23)13-5-3-2-4-6-13;/h2-9,15-16H,10-11,22H2,1H3;1H/t15-,16+;/m0./s1. The molecule has 0 aromatic heterocycles. The van der Waals surface area contributed by atoms with E-state index in [1.165, 1.54) is 17.3 Å². The Morgan fingerprint density at radius 2 is 1.70 bits per heavy atom. The zero-order chi connectivity index (χ0) is 19.1. The molecule has 2 atom stereocenters. The van der Waals surface area contributed by atoms with E-state index in [4.69, 9.17) is 5.73 Å².